The molecule has 2 rings (SSSR count). The molecule has 0 saturated heterocycles. The van der Waals surface area contributed by atoms with E-state index >= 15 is 0 Å². The van der Waals surface area contributed by atoms with Crippen LogP contribution in [-0.4, -0.2) is 28.6 Å². The summed E-state index contributed by atoms with van der Waals surface area (Å²) in [6, 6.07) is 5.95. The highest BCUT2D eigenvalue weighted by Gasteiger charge is 2.09. The predicted octanol–water partition coefficient (Wildman–Crippen LogP) is 3.01. The first-order valence-electron chi connectivity index (χ1n) is 7.11. The summed E-state index contributed by atoms with van der Waals surface area (Å²) in [6.45, 7) is 4.61. The molecule has 2 aromatic rings. The number of nitrogens with one attached hydrogen (secondary N) is 2. The molecule has 1 atom stereocenters. The normalized spacial score (nSPS) is 12.3. The number of H-pyrrole nitrogens is 1. The lowest BCUT2D eigenvalue weighted by molar-refractivity contribution is -0.121. The zero-order chi connectivity index (χ0) is 15.4. The van der Waals surface area contributed by atoms with Crippen LogP contribution in [0.4, 0.5) is 0 Å². The first-order chi connectivity index (χ1) is 10.0. The van der Waals surface area contributed by atoms with Crippen molar-refractivity contribution in [3.05, 3.63) is 23.0 Å². The summed E-state index contributed by atoms with van der Waals surface area (Å²) in [5, 5.41) is 2.96. The Balaban J connectivity index is 2.13. The van der Waals surface area contributed by atoms with Gasteiger partial charge in [0.25, 0.3) is 0 Å². The van der Waals surface area contributed by atoms with E-state index in [9.17, 15) is 4.79 Å². The van der Waals surface area contributed by atoms with Crippen molar-refractivity contribution in [2.75, 3.05) is 7.11 Å². The predicted molar refractivity (Wildman–Crippen MR) is 86.2 cm³/mol. The van der Waals surface area contributed by atoms with Crippen molar-refractivity contribution in [3.63, 3.8) is 0 Å². The van der Waals surface area contributed by atoms with Gasteiger partial charge in [-0.15, -0.1) is 0 Å². The Bertz CT molecular complexity index is 690. The van der Waals surface area contributed by atoms with Gasteiger partial charge in [-0.2, -0.15) is 0 Å². The molecule has 1 unspecified atom stereocenters. The van der Waals surface area contributed by atoms with Crippen LogP contribution < -0.4 is 10.1 Å². The Kier molecular flexibility index (Phi) is 5.01. The minimum atomic E-state index is 0.0501. The fourth-order valence-electron chi connectivity index (χ4n) is 2.15. The molecule has 0 aliphatic rings. The first kappa shape index (κ1) is 15.6. The summed E-state index contributed by atoms with van der Waals surface area (Å²) in [4.78, 5) is 15.0. The molecule has 1 aromatic carbocycles. The molecule has 1 aromatic heterocycles. The van der Waals surface area contributed by atoms with Gasteiger partial charge in [0, 0.05) is 25.1 Å². The molecule has 114 valence electrons. The number of methoxy groups -OCH3 is 1. The molecule has 0 radical (unpaired) electrons. The van der Waals surface area contributed by atoms with Gasteiger partial charge in [0.1, 0.15) is 5.75 Å². The van der Waals surface area contributed by atoms with Crippen molar-refractivity contribution in [3.8, 4) is 5.75 Å². The van der Waals surface area contributed by atoms with E-state index in [-0.39, 0.29) is 11.9 Å². The number of amides is 1. The molecule has 5 nitrogen and oxygen atoms in total. The zero-order valence-corrected chi connectivity index (χ0v) is 13.4. The topological polar surface area (TPSA) is 59.0 Å². The van der Waals surface area contributed by atoms with E-state index in [1.54, 1.807) is 7.11 Å². The lowest BCUT2D eigenvalue weighted by atomic mass is 10.2. The molecule has 0 aliphatic carbocycles. The lowest BCUT2D eigenvalue weighted by Gasteiger charge is -2.11. The number of benzene rings is 1. The SMILES string of the molecule is CCC(C)NC(=O)CCn1c(=S)[nH]c2cc(OC)ccc21. The molecule has 1 amide bonds. The van der Waals surface area contributed by atoms with Gasteiger partial charge in [-0.25, -0.2) is 0 Å². The second kappa shape index (κ2) is 6.76. The Hall–Kier alpha value is -1.82. The van der Waals surface area contributed by atoms with Crippen molar-refractivity contribution >= 4 is 29.2 Å². The third-order valence-electron chi connectivity index (χ3n) is 3.56. The number of carbonyl (C=O) groups is 1. The van der Waals surface area contributed by atoms with E-state index in [0.29, 0.717) is 17.7 Å². The second-order valence-corrected chi connectivity index (χ2v) is 5.48. The first-order valence-corrected chi connectivity index (χ1v) is 7.52. The molecule has 2 N–H and O–H groups in total. The summed E-state index contributed by atoms with van der Waals surface area (Å²) >= 11 is 5.33. The Morgan fingerprint density at radius 3 is 2.95 bits per heavy atom. The molecule has 0 spiro atoms. The molecule has 0 aliphatic heterocycles. The fraction of sp³-hybridized carbons (Fsp3) is 0.467. The van der Waals surface area contributed by atoms with Gasteiger partial charge in [-0.3, -0.25) is 4.79 Å². The Morgan fingerprint density at radius 1 is 1.52 bits per heavy atom. The van der Waals surface area contributed by atoms with Gasteiger partial charge < -0.3 is 19.6 Å². The van der Waals surface area contributed by atoms with Crippen LogP contribution in [0, 0.1) is 4.77 Å². The number of hydrogen-bond donors (Lipinski definition) is 2. The van der Waals surface area contributed by atoms with Crippen LogP contribution in [0.2, 0.25) is 0 Å². The highest BCUT2D eigenvalue weighted by Crippen LogP contribution is 2.20. The molecule has 6 heteroatoms. The Morgan fingerprint density at radius 2 is 2.29 bits per heavy atom. The number of nitrogens with zero attached hydrogens (tertiary/aromatic N) is 1. The van der Waals surface area contributed by atoms with E-state index in [2.05, 4.69) is 10.3 Å². The molecular formula is C15H21N3O2S. The fourth-order valence-corrected chi connectivity index (χ4v) is 2.45. The lowest BCUT2D eigenvalue weighted by Crippen LogP contribution is -2.32. The number of aromatic amines is 1. The van der Waals surface area contributed by atoms with Crippen LogP contribution in [0.5, 0.6) is 5.75 Å². The number of fused-ring (bicyclic) bond motifs is 1. The number of rotatable bonds is 6. The number of carbonyl (C=O) groups excluding carboxylic acids is 1. The summed E-state index contributed by atoms with van der Waals surface area (Å²) in [6.07, 6.45) is 1.34. The van der Waals surface area contributed by atoms with Gasteiger partial charge in [-0.05, 0) is 37.7 Å². The number of ether oxygens (including phenoxy) is 1. The Labute approximate surface area is 129 Å². The minimum Gasteiger partial charge on any atom is -0.497 e. The third-order valence-corrected chi connectivity index (χ3v) is 3.89. The van der Waals surface area contributed by atoms with Gasteiger partial charge in [0.2, 0.25) is 5.91 Å². The van der Waals surface area contributed by atoms with Crippen LogP contribution in [0.3, 0.4) is 0 Å². The maximum atomic E-state index is 11.9. The average molecular weight is 307 g/mol. The van der Waals surface area contributed by atoms with Crippen LogP contribution in [0.15, 0.2) is 18.2 Å². The third kappa shape index (κ3) is 3.64. The maximum absolute atomic E-state index is 11.9. The quantitative estimate of drug-likeness (QED) is 0.807. The van der Waals surface area contributed by atoms with Crippen LogP contribution in [-0.2, 0) is 11.3 Å². The maximum Gasteiger partial charge on any atom is 0.222 e. The van der Waals surface area contributed by atoms with Crippen molar-refractivity contribution in [1.29, 1.82) is 0 Å². The summed E-state index contributed by atoms with van der Waals surface area (Å²) < 4.78 is 7.76. The van der Waals surface area contributed by atoms with Crippen LogP contribution >= 0.6 is 12.2 Å². The molecular weight excluding hydrogens is 286 g/mol. The average Bonchev–Trinajstić information content (AvgIpc) is 2.79. The highest BCUT2D eigenvalue weighted by atomic mass is 32.1. The summed E-state index contributed by atoms with van der Waals surface area (Å²) in [5.41, 5.74) is 1.90. The zero-order valence-electron chi connectivity index (χ0n) is 12.6. The van der Waals surface area contributed by atoms with Crippen LogP contribution in [0.1, 0.15) is 26.7 Å². The van der Waals surface area contributed by atoms with E-state index in [1.165, 1.54) is 0 Å². The monoisotopic (exact) mass is 307 g/mol. The number of aromatic nitrogens is 2. The molecule has 1 heterocycles. The van der Waals surface area contributed by atoms with Crippen molar-refractivity contribution in [2.24, 2.45) is 0 Å². The number of hydrogen-bond acceptors (Lipinski definition) is 3. The van der Waals surface area contributed by atoms with Gasteiger partial charge in [0.15, 0.2) is 4.77 Å². The molecule has 0 saturated carbocycles. The standard InChI is InChI=1S/C15H21N3O2S/c1-4-10(2)16-14(19)7-8-18-13-6-5-11(20-3)9-12(13)17-15(18)21/h5-6,9-10H,4,7-8H2,1-3H3,(H,16,19)(H,17,21). The van der Waals surface area contributed by atoms with Crippen LogP contribution in [0.25, 0.3) is 11.0 Å². The van der Waals surface area contributed by atoms with Crippen molar-refractivity contribution < 1.29 is 9.53 Å². The smallest absolute Gasteiger partial charge is 0.222 e. The molecule has 21 heavy (non-hydrogen) atoms. The molecule has 0 fully saturated rings. The van der Waals surface area contributed by atoms with E-state index in [1.807, 2.05) is 36.6 Å². The summed E-state index contributed by atoms with van der Waals surface area (Å²) in [7, 11) is 1.63. The second-order valence-electron chi connectivity index (χ2n) is 5.09. The number of imidazole rings is 1. The summed E-state index contributed by atoms with van der Waals surface area (Å²) in [5.74, 6) is 0.828. The highest BCUT2D eigenvalue weighted by molar-refractivity contribution is 7.71. The number of aryl methyl sites for hydroxylation is 1. The van der Waals surface area contributed by atoms with Gasteiger partial charge in [0.05, 0.1) is 18.1 Å². The van der Waals surface area contributed by atoms with E-state index in [4.69, 9.17) is 17.0 Å². The van der Waals surface area contributed by atoms with Crippen molar-refractivity contribution in [2.45, 2.75) is 39.3 Å². The van der Waals surface area contributed by atoms with Crippen molar-refractivity contribution in [1.82, 2.24) is 14.9 Å². The van der Waals surface area contributed by atoms with E-state index < -0.39 is 0 Å². The van der Waals surface area contributed by atoms with E-state index in [0.717, 1.165) is 23.2 Å². The minimum absolute atomic E-state index is 0.0501. The largest absolute Gasteiger partial charge is 0.497 e. The van der Waals surface area contributed by atoms with Gasteiger partial charge >= 0.3 is 0 Å². The molecule has 0 bridgehead atoms. The van der Waals surface area contributed by atoms with Gasteiger partial charge in [-0.1, -0.05) is 6.92 Å².